The zero-order chi connectivity index (χ0) is 35.1. The van der Waals surface area contributed by atoms with Crippen LogP contribution in [0.5, 0.6) is 11.5 Å². The summed E-state index contributed by atoms with van der Waals surface area (Å²) in [5, 5.41) is 6.11. The highest BCUT2D eigenvalue weighted by molar-refractivity contribution is 7.92. The van der Waals surface area contributed by atoms with Crippen molar-refractivity contribution in [3.8, 4) is 11.5 Å². The van der Waals surface area contributed by atoms with Crippen LogP contribution in [0, 0.1) is 0 Å². The molecule has 0 bridgehead atoms. The molecule has 2 fully saturated rings. The zero-order valence-corrected chi connectivity index (χ0v) is 29.3. The summed E-state index contributed by atoms with van der Waals surface area (Å²) in [5.74, 6) is 0.0978. The van der Waals surface area contributed by atoms with E-state index in [0.29, 0.717) is 47.5 Å². The summed E-state index contributed by atoms with van der Waals surface area (Å²) < 4.78 is 79.8. The Kier molecular flexibility index (Phi) is 9.95. The molecule has 3 aliphatic heterocycles. The molecule has 1 aromatic heterocycles. The number of sulfonamides is 1. The van der Waals surface area contributed by atoms with Crippen molar-refractivity contribution in [3.63, 3.8) is 0 Å². The van der Waals surface area contributed by atoms with Gasteiger partial charge >= 0.3 is 6.18 Å². The average Bonchev–Trinajstić information content (AvgIpc) is 3.51. The van der Waals surface area contributed by atoms with Gasteiger partial charge in [0.15, 0.2) is 0 Å². The molecule has 49 heavy (non-hydrogen) atoms. The van der Waals surface area contributed by atoms with Gasteiger partial charge in [-0.3, -0.25) is 9.21 Å². The highest BCUT2D eigenvalue weighted by Crippen LogP contribution is 2.43. The van der Waals surface area contributed by atoms with Gasteiger partial charge in [-0.25, -0.2) is 13.4 Å². The third-order valence-corrected chi connectivity index (χ3v) is 10.9. The monoisotopic (exact) mass is 724 g/mol. The minimum atomic E-state index is -4.82. The first-order valence-corrected chi connectivity index (χ1v) is 18.2. The van der Waals surface area contributed by atoms with Crippen LogP contribution in [-0.4, -0.2) is 108 Å². The number of hydrogen-bond donors (Lipinski definition) is 2. The second-order valence-electron chi connectivity index (χ2n) is 12.6. The van der Waals surface area contributed by atoms with Crippen LogP contribution in [0.25, 0.3) is 0 Å². The summed E-state index contributed by atoms with van der Waals surface area (Å²) >= 11 is 6.79. The van der Waals surface area contributed by atoms with Crippen molar-refractivity contribution in [1.29, 1.82) is 0 Å². The van der Waals surface area contributed by atoms with Gasteiger partial charge in [0, 0.05) is 77.1 Å². The Morgan fingerprint density at radius 2 is 1.76 bits per heavy atom. The van der Waals surface area contributed by atoms with Gasteiger partial charge in [0.05, 0.1) is 47.7 Å². The number of rotatable bonds is 9. The third-order valence-electron chi connectivity index (χ3n) is 9.37. The lowest BCUT2D eigenvalue weighted by Gasteiger charge is -2.42. The van der Waals surface area contributed by atoms with Crippen molar-refractivity contribution >= 4 is 56.1 Å². The Balaban J connectivity index is 1.26. The van der Waals surface area contributed by atoms with Gasteiger partial charge in [0.25, 0.3) is 0 Å². The molecule has 0 atom stereocenters. The molecule has 0 amide bonds. The standard InChI is InChI=1S/C32H40ClF3N8O4S/c1-41-10-12-43(13-11-41)21-5-8-44(9-6-21)26-18-29(47-3)25(16-23(26)33)39-31-37-19-22(32(34,35)36)30(40-31)38-24-17-28-20(7-14-48-28)15-27(24)42(2)49(4,45)46/h15-19,21H,5-14H2,1-4H3,(H2,37,38,39,40). The largest absolute Gasteiger partial charge is 0.494 e. The molecule has 0 radical (unpaired) electrons. The average molecular weight is 725 g/mol. The van der Waals surface area contributed by atoms with Gasteiger partial charge < -0.3 is 29.9 Å². The first-order chi connectivity index (χ1) is 23.2. The molecule has 17 heteroatoms. The number of fused-ring (bicyclic) bond motifs is 1. The van der Waals surface area contributed by atoms with E-state index in [2.05, 4.69) is 42.3 Å². The number of piperidine rings is 1. The number of likely N-dealkylation sites (N-methyl/N-ethyl adjacent to an activating group) is 1. The van der Waals surface area contributed by atoms with E-state index in [-0.39, 0.29) is 17.3 Å². The second kappa shape index (κ2) is 13.9. The highest BCUT2D eigenvalue weighted by atomic mass is 35.5. The molecule has 266 valence electrons. The van der Waals surface area contributed by atoms with E-state index in [1.807, 2.05) is 6.07 Å². The Morgan fingerprint density at radius 3 is 2.41 bits per heavy atom. The molecule has 0 unspecified atom stereocenters. The summed E-state index contributed by atoms with van der Waals surface area (Å²) in [7, 11) is 1.21. The molecular formula is C32H40ClF3N8O4S. The van der Waals surface area contributed by atoms with Crippen LogP contribution in [0.3, 0.4) is 0 Å². The maximum atomic E-state index is 14.2. The number of nitrogens with one attached hydrogen (secondary N) is 2. The summed E-state index contributed by atoms with van der Waals surface area (Å²) in [5.41, 5.74) is 0.960. The van der Waals surface area contributed by atoms with Crippen LogP contribution < -0.4 is 29.3 Å². The van der Waals surface area contributed by atoms with Crippen LogP contribution in [0.1, 0.15) is 24.0 Å². The minimum absolute atomic E-state index is 0.0603. The lowest BCUT2D eigenvalue weighted by Crippen LogP contribution is -2.52. The number of benzene rings is 2. The maximum Gasteiger partial charge on any atom is 0.421 e. The van der Waals surface area contributed by atoms with Crippen molar-refractivity contribution in [2.45, 2.75) is 31.5 Å². The number of alkyl halides is 3. The van der Waals surface area contributed by atoms with Crippen molar-refractivity contribution in [2.75, 3.05) is 93.2 Å². The van der Waals surface area contributed by atoms with Crippen LogP contribution in [0.15, 0.2) is 30.5 Å². The number of methoxy groups -OCH3 is 1. The van der Waals surface area contributed by atoms with E-state index in [9.17, 15) is 21.6 Å². The van der Waals surface area contributed by atoms with Gasteiger partial charge in [-0.1, -0.05) is 11.6 Å². The van der Waals surface area contributed by atoms with Gasteiger partial charge in [0.1, 0.15) is 22.9 Å². The maximum absolute atomic E-state index is 14.2. The molecule has 3 aromatic rings. The van der Waals surface area contributed by atoms with Gasteiger partial charge in [0.2, 0.25) is 16.0 Å². The van der Waals surface area contributed by atoms with Crippen molar-refractivity contribution < 1.29 is 31.1 Å². The molecular weight excluding hydrogens is 685 g/mol. The molecule has 0 saturated carbocycles. The highest BCUT2D eigenvalue weighted by Gasteiger charge is 2.36. The number of ether oxygens (including phenoxy) is 2. The molecule has 12 nitrogen and oxygen atoms in total. The lowest BCUT2D eigenvalue weighted by molar-refractivity contribution is -0.137. The van der Waals surface area contributed by atoms with E-state index in [1.165, 1.54) is 20.2 Å². The number of nitrogens with zero attached hydrogens (tertiary/aromatic N) is 6. The number of hydrogen-bond acceptors (Lipinski definition) is 11. The normalized spacial score (nSPS) is 17.8. The van der Waals surface area contributed by atoms with Crippen molar-refractivity contribution in [2.24, 2.45) is 0 Å². The van der Waals surface area contributed by atoms with E-state index < -0.39 is 27.6 Å². The van der Waals surface area contributed by atoms with Gasteiger partial charge in [-0.15, -0.1) is 0 Å². The van der Waals surface area contributed by atoms with E-state index in [0.717, 1.165) is 73.9 Å². The number of anilines is 6. The minimum Gasteiger partial charge on any atom is -0.494 e. The molecule has 3 aliphatic rings. The zero-order valence-electron chi connectivity index (χ0n) is 27.8. The van der Waals surface area contributed by atoms with Crippen molar-refractivity contribution in [3.05, 3.63) is 46.6 Å². The smallest absolute Gasteiger partial charge is 0.421 e. The predicted octanol–water partition coefficient (Wildman–Crippen LogP) is 5.19. The topological polar surface area (TPSA) is 115 Å². The summed E-state index contributed by atoms with van der Waals surface area (Å²) in [6, 6.07) is 7.04. The van der Waals surface area contributed by atoms with E-state index in [4.69, 9.17) is 21.1 Å². The van der Waals surface area contributed by atoms with Gasteiger partial charge in [-0.05, 0) is 37.6 Å². The first kappa shape index (κ1) is 35.1. The van der Waals surface area contributed by atoms with E-state index >= 15 is 0 Å². The Hall–Kier alpha value is -3.73. The molecule has 6 rings (SSSR count). The second-order valence-corrected chi connectivity index (χ2v) is 15.0. The summed E-state index contributed by atoms with van der Waals surface area (Å²) in [6.07, 6.45) is -0.598. The quantitative estimate of drug-likeness (QED) is 0.304. The predicted molar refractivity (Wildman–Crippen MR) is 185 cm³/mol. The Morgan fingerprint density at radius 1 is 1.04 bits per heavy atom. The lowest BCUT2D eigenvalue weighted by atomic mass is 10.0. The molecule has 2 saturated heterocycles. The van der Waals surface area contributed by atoms with E-state index in [1.54, 1.807) is 12.1 Å². The summed E-state index contributed by atoms with van der Waals surface area (Å²) in [4.78, 5) is 15.3. The fourth-order valence-electron chi connectivity index (χ4n) is 6.45. The fraction of sp³-hybridized carbons (Fsp3) is 0.500. The molecule has 2 N–H and O–H groups in total. The van der Waals surface area contributed by atoms with Crippen LogP contribution in [0.2, 0.25) is 5.02 Å². The fourth-order valence-corrected chi connectivity index (χ4v) is 7.25. The SMILES string of the molecule is COc1cc(N2CCC(N3CCN(C)CC3)CC2)c(Cl)cc1Nc1ncc(C(F)(F)F)c(Nc2cc3c(cc2N(C)S(C)(=O)=O)CCO3)n1. The summed E-state index contributed by atoms with van der Waals surface area (Å²) in [6.45, 7) is 6.31. The molecule has 4 heterocycles. The van der Waals surface area contributed by atoms with Crippen LogP contribution in [-0.2, 0) is 22.6 Å². The number of halogens is 4. The Bertz CT molecular complexity index is 1800. The molecule has 2 aromatic carbocycles. The number of piperazine rings is 1. The van der Waals surface area contributed by atoms with Gasteiger partial charge in [-0.2, -0.15) is 18.2 Å². The number of aromatic nitrogens is 2. The molecule has 0 spiro atoms. The van der Waals surface area contributed by atoms with Crippen LogP contribution >= 0.6 is 11.6 Å². The first-order valence-electron chi connectivity index (χ1n) is 16.0. The van der Waals surface area contributed by atoms with Crippen LogP contribution in [0.4, 0.5) is 47.7 Å². The van der Waals surface area contributed by atoms with Crippen molar-refractivity contribution in [1.82, 2.24) is 19.8 Å². The third kappa shape index (κ3) is 7.71. The molecule has 0 aliphatic carbocycles. The Labute approximate surface area is 289 Å².